The van der Waals surface area contributed by atoms with Gasteiger partial charge in [0.15, 0.2) is 0 Å². The Morgan fingerprint density at radius 3 is 2.52 bits per heavy atom. The van der Waals surface area contributed by atoms with Crippen LogP contribution < -0.4 is 4.74 Å². The van der Waals surface area contributed by atoms with Gasteiger partial charge in [0.1, 0.15) is 17.9 Å². The number of aryl methyl sites for hydroxylation is 1. The molecule has 0 unspecified atom stereocenters. The van der Waals surface area contributed by atoms with E-state index in [1.165, 1.54) is 11.3 Å². The third kappa shape index (κ3) is 4.61. The summed E-state index contributed by atoms with van der Waals surface area (Å²) >= 11 is 9.65. The summed E-state index contributed by atoms with van der Waals surface area (Å²) in [7, 11) is 0. The van der Waals surface area contributed by atoms with Crippen molar-refractivity contribution in [3.05, 3.63) is 92.7 Å². The Balaban J connectivity index is 0.00000240. The van der Waals surface area contributed by atoms with Crippen LogP contribution in [0.5, 0.6) is 5.75 Å². The third-order valence-corrected chi connectivity index (χ3v) is 5.76. The molecule has 0 saturated carbocycles. The third-order valence-electron chi connectivity index (χ3n) is 5.00. The summed E-state index contributed by atoms with van der Waals surface area (Å²) < 4.78 is 9.54. The van der Waals surface area contributed by atoms with Crippen molar-refractivity contribution in [3.63, 3.8) is 0 Å². The molecular weight excluding hydrogens is 471 g/mol. The van der Waals surface area contributed by atoms with Crippen molar-refractivity contribution in [2.45, 2.75) is 27.0 Å². The van der Waals surface area contributed by atoms with Gasteiger partial charge in [0.05, 0.1) is 5.52 Å². The van der Waals surface area contributed by atoms with Gasteiger partial charge in [0.25, 0.3) is 0 Å². The normalized spacial score (nSPS) is 10.8. The number of aromatic nitrogens is 2. The summed E-state index contributed by atoms with van der Waals surface area (Å²) in [6, 6.07) is 18.1. The first kappa shape index (κ1) is 21.7. The molecule has 0 atom stereocenters. The lowest BCUT2D eigenvalue weighted by Gasteiger charge is -2.13. The molecular formula is C23H21BrCl2N2O. The predicted molar refractivity (Wildman–Crippen MR) is 125 cm³/mol. The Hall–Kier alpha value is -2.01. The number of rotatable bonds is 5. The standard InChI is InChI=1S/C23H20BrClN2O.ClH/c1-15-16(2)27(13-18-4-3-5-20(25)12-18)23-21(10-11-26-22(15)23)28-14-17-6-8-19(24)9-7-17;/h3-12H,13-14H2,1-2H3;1H. The molecule has 4 aromatic rings. The maximum atomic E-state index is 6.21. The van der Waals surface area contributed by atoms with Crippen LogP contribution in [0.4, 0.5) is 0 Å². The highest BCUT2D eigenvalue weighted by Gasteiger charge is 2.17. The SMILES string of the molecule is Cc1c(C)n(Cc2cccc(Cl)c2)c2c(OCc3ccc(Br)cc3)ccnc12.Cl. The second kappa shape index (κ2) is 9.21. The molecule has 0 amide bonds. The molecule has 0 saturated heterocycles. The van der Waals surface area contributed by atoms with E-state index in [4.69, 9.17) is 16.3 Å². The van der Waals surface area contributed by atoms with Crippen LogP contribution in [0.25, 0.3) is 11.0 Å². The minimum absolute atomic E-state index is 0. The van der Waals surface area contributed by atoms with E-state index < -0.39 is 0 Å². The summed E-state index contributed by atoms with van der Waals surface area (Å²) in [6.07, 6.45) is 1.81. The number of ether oxygens (including phenoxy) is 1. The molecule has 29 heavy (non-hydrogen) atoms. The van der Waals surface area contributed by atoms with Crippen molar-refractivity contribution in [2.75, 3.05) is 0 Å². The van der Waals surface area contributed by atoms with Gasteiger partial charge in [-0.2, -0.15) is 0 Å². The molecule has 2 heterocycles. The molecule has 150 valence electrons. The highest BCUT2D eigenvalue weighted by Crippen LogP contribution is 2.32. The van der Waals surface area contributed by atoms with E-state index in [2.05, 4.69) is 57.5 Å². The molecule has 0 bridgehead atoms. The van der Waals surface area contributed by atoms with E-state index in [0.29, 0.717) is 6.61 Å². The van der Waals surface area contributed by atoms with Crippen LogP contribution >= 0.6 is 39.9 Å². The lowest BCUT2D eigenvalue weighted by molar-refractivity contribution is 0.308. The number of fused-ring (bicyclic) bond motifs is 1. The molecule has 2 aromatic carbocycles. The number of halogens is 3. The smallest absolute Gasteiger partial charge is 0.147 e. The molecule has 4 rings (SSSR count). The number of hydrogen-bond acceptors (Lipinski definition) is 2. The highest BCUT2D eigenvalue weighted by atomic mass is 79.9. The largest absolute Gasteiger partial charge is 0.487 e. The van der Waals surface area contributed by atoms with Crippen molar-refractivity contribution in [2.24, 2.45) is 0 Å². The van der Waals surface area contributed by atoms with E-state index in [-0.39, 0.29) is 12.4 Å². The quantitative estimate of drug-likeness (QED) is 0.297. The first-order chi connectivity index (χ1) is 13.5. The van der Waals surface area contributed by atoms with Gasteiger partial charge in [0, 0.05) is 34.0 Å². The molecule has 0 aliphatic heterocycles. The molecule has 0 spiro atoms. The van der Waals surface area contributed by atoms with Gasteiger partial charge in [-0.05, 0) is 54.8 Å². The minimum Gasteiger partial charge on any atom is -0.487 e. The Kier molecular flexibility index (Phi) is 6.89. The maximum Gasteiger partial charge on any atom is 0.147 e. The van der Waals surface area contributed by atoms with E-state index in [1.807, 2.05) is 42.6 Å². The fraction of sp³-hybridized carbons (Fsp3) is 0.174. The molecule has 2 aromatic heterocycles. The average molecular weight is 492 g/mol. The summed E-state index contributed by atoms with van der Waals surface area (Å²) in [5.74, 6) is 0.839. The Morgan fingerprint density at radius 2 is 1.79 bits per heavy atom. The number of pyridine rings is 1. The van der Waals surface area contributed by atoms with Gasteiger partial charge in [-0.15, -0.1) is 12.4 Å². The zero-order valence-corrected chi connectivity index (χ0v) is 19.3. The van der Waals surface area contributed by atoms with Crippen LogP contribution in [-0.4, -0.2) is 9.55 Å². The molecule has 0 N–H and O–H groups in total. The van der Waals surface area contributed by atoms with E-state index >= 15 is 0 Å². The topological polar surface area (TPSA) is 27.1 Å². The maximum absolute atomic E-state index is 6.21. The zero-order valence-electron chi connectivity index (χ0n) is 16.2. The fourth-order valence-corrected chi connectivity index (χ4v) is 3.86. The summed E-state index contributed by atoms with van der Waals surface area (Å²) in [5.41, 5.74) is 6.63. The first-order valence-corrected chi connectivity index (χ1v) is 10.3. The van der Waals surface area contributed by atoms with E-state index in [0.717, 1.165) is 43.9 Å². The molecule has 6 heteroatoms. The van der Waals surface area contributed by atoms with Crippen molar-refractivity contribution < 1.29 is 4.74 Å². The van der Waals surface area contributed by atoms with Crippen LogP contribution in [0.2, 0.25) is 5.02 Å². The van der Waals surface area contributed by atoms with Crippen molar-refractivity contribution in [1.82, 2.24) is 9.55 Å². The molecule has 0 aliphatic rings. The molecule has 0 fully saturated rings. The fourth-order valence-electron chi connectivity index (χ4n) is 3.39. The lowest BCUT2D eigenvalue weighted by Crippen LogP contribution is -2.04. The van der Waals surface area contributed by atoms with Crippen molar-refractivity contribution in [3.8, 4) is 5.75 Å². The Bertz CT molecular complexity index is 1140. The number of benzene rings is 2. The second-order valence-corrected chi connectivity index (χ2v) is 8.20. The molecule has 3 nitrogen and oxygen atoms in total. The highest BCUT2D eigenvalue weighted by molar-refractivity contribution is 9.10. The van der Waals surface area contributed by atoms with Gasteiger partial charge in [-0.1, -0.05) is 51.8 Å². The van der Waals surface area contributed by atoms with Crippen LogP contribution in [0.15, 0.2) is 65.3 Å². The Labute approximate surface area is 190 Å². The molecule has 0 aliphatic carbocycles. The van der Waals surface area contributed by atoms with Crippen LogP contribution in [-0.2, 0) is 13.2 Å². The summed E-state index contributed by atoms with van der Waals surface area (Å²) in [4.78, 5) is 4.62. The van der Waals surface area contributed by atoms with Crippen LogP contribution in [0, 0.1) is 13.8 Å². The zero-order chi connectivity index (χ0) is 19.7. The summed E-state index contributed by atoms with van der Waals surface area (Å²) in [5, 5.41) is 0.744. The van der Waals surface area contributed by atoms with E-state index in [9.17, 15) is 0 Å². The van der Waals surface area contributed by atoms with Gasteiger partial charge in [-0.3, -0.25) is 4.98 Å². The molecule has 0 radical (unpaired) electrons. The summed E-state index contributed by atoms with van der Waals surface area (Å²) in [6.45, 7) is 5.46. The van der Waals surface area contributed by atoms with Crippen molar-refractivity contribution >= 4 is 51.0 Å². The minimum atomic E-state index is 0. The number of hydrogen-bond donors (Lipinski definition) is 0. The number of nitrogens with zero attached hydrogens (tertiary/aromatic N) is 2. The van der Waals surface area contributed by atoms with Crippen LogP contribution in [0.1, 0.15) is 22.4 Å². The van der Waals surface area contributed by atoms with Gasteiger partial charge >= 0.3 is 0 Å². The van der Waals surface area contributed by atoms with Gasteiger partial charge < -0.3 is 9.30 Å². The average Bonchev–Trinajstić information content (AvgIpc) is 2.93. The van der Waals surface area contributed by atoms with Gasteiger partial charge in [0.2, 0.25) is 0 Å². The second-order valence-electron chi connectivity index (χ2n) is 6.85. The van der Waals surface area contributed by atoms with E-state index in [1.54, 1.807) is 0 Å². The van der Waals surface area contributed by atoms with Crippen LogP contribution in [0.3, 0.4) is 0 Å². The lowest BCUT2D eigenvalue weighted by atomic mass is 10.2. The van der Waals surface area contributed by atoms with Gasteiger partial charge in [-0.25, -0.2) is 0 Å². The predicted octanol–water partition coefficient (Wildman–Crippen LogP) is 7.12. The first-order valence-electron chi connectivity index (χ1n) is 9.09. The monoisotopic (exact) mass is 490 g/mol. The van der Waals surface area contributed by atoms with Crippen molar-refractivity contribution in [1.29, 1.82) is 0 Å². The Morgan fingerprint density at radius 1 is 1.03 bits per heavy atom.